The van der Waals surface area contributed by atoms with Crippen LogP contribution in [0.5, 0.6) is 5.75 Å². The van der Waals surface area contributed by atoms with Gasteiger partial charge in [-0.25, -0.2) is 0 Å². The van der Waals surface area contributed by atoms with E-state index >= 15 is 0 Å². The lowest BCUT2D eigenvalue weighted by atomic mass is 9.87. The molecule has 21 heavy (non-hydrogen) atoms. The van der Waals surface area contributed by atoms with E-state index in [-0.39, 0.29) is 5.41 Å². The summed E-state index contributed by atoms with van der Waals surface area (Å²) in [6.45, 7) is 6.60. The molecule has 1 aliphatic rings. The summed E-state index contributed by atoms with van der Waals surface area (Å²) in [5.41, 5.74) is 4.27. The number of ether oxygens (including phenoxy) is 1. The predicted molar refractivity (Wildman–Crippen MR) is 91.2 cm³/mol. The summed E-state index contributed by atoms with van der Waals surface area (Å²) in [5.74, 6) is 0.906. The van der Waals surface area contributed by atoms with Crippen LogP contribution in [0.4, 0.5) is 5.69 Å². The van der Waals surface area contributed by atoms with Crippen molar-refractivity contribution in [2.75, 3.05) is 18.6 Å². The Labute approximate surface area is 134 Å². The summed E-state index contributed by atoms with van der Waals surface area (Å²) in [7, 11) is 1.70. The number of anilines is 1. The van der Waals surface area contributed by atoms with Crippen molar-refractivity contribution in [3.05, 3.63) is 58.1 Å². The van der Waals surface area contributed by atoms with E-state index in [1.54, 1.807) is 7.11 Å². The Bertz CT molecular complexity index is 649. The van der Waals surface area contributed by atoms with E-state index in [0.717, 1.165) is 23.3 Å². The first-order chi connectivity index (χ1) is 9.99. The maximum absolute atomic E-state index is 5.22. The Morgan fingerprint density at radius 2 is 1.86 bits per heavy atom. The number of hydrogen-bond donors (Lipinski definition) is 0. The topological polar surface area (TPSA) is 12.5 Å². The highest BCUT2D eigenvalue weighted by molar-refractivity contribution is 9.10. The SMILES string of the molecule is COc1ccc(CN2CC(C)(C)c3ccc(Br)cc32)cc1. The van der Waals surface area contributed by atoms with Gasteiger partial charge in [0.05, 0.1) is 7.11 Å². The molecule has 2 aromatic rings. The van der Waals surface area contributed by atoms with Crippen molar-refractivity contribution in [2.24, 2.45) is 0 Å². The first kappa shape index (κ1) is 14.5. The monoisotopic (exact) mass is 345 g/mol. The minimum Gasteiger partial charge on any atom is -0.497 e. The van der Waals surface area contributed by atoms with Gasteiger partial charge in [-0.2, -0.15) is 0 Å². The van der Waals surface area contributed by atoms with Crippen LogP contribution in [0.15, 0.2) is 46.9 Å². The van der Waals surface area contributed by atoms with Crippen LogP contribution in [0.2, 0.25) is 0 Å². The number of nitrogens with zero attached hydrogens (tertiary/aromatic N) is 1. The molecule has 0 spiro atoms. The van der Waals surface area contributed by atoms with Crippen molar-refractivity contribution in [3.8, 4) is 5.75 Å². The van der Waals surface area contributed by atoms with Gasteiger partial charge in [0, 0.05) is 28.7 Å². The van der Waals surface area contributed by atoms with Crippen molar-refractivity contribution >= 4 is 21.6 Å². The zero-order valence-corrected chi connectivity index (χ0v) is 14.3. The summed E-state index contributed by atoms with van der Waals surface area (Å²) in [6.07, 6.45) is 0. The van der Waals surface area contributed by atoms with Crippen molar-refractivity contribution < 1.29 is 4.74 Å². The molecular weight excluding hydrogens is 326 g/mol. The summed E-state index contributed by atoms with van der Waals surface area (Å²) in [4.78, 5) is 2.46. The molecule has 0 aromatic heterocycles. The van der Waals surface area contributed by atoms with Crippen molar-refractivity contribution in [2.45, 2.75) is 25.8 Å². The second-order valence-corrected chi connectivity index (χ2v) is 7.17. The van der Waals surface area contributed by atoms with E-state index in [1.807, 2.05) is 12.1 Å². The number of rotatable bonds is 3. The van der Waals surface area contributed by atoms with Gasteiger partial charge in [-0.05, 0) is 35.4 Å². The highest BCUT2D eigenvalue weighted by Gasteiger charge is 2.34. The van der Waals surface area contributed by atoms with E-state index in [1.165, 1.54) is 16.8 Å². The van der Waals surface area contributed by atoms with E-state index < -0.39 is 0 Å². The Morgan fingerprint density at radius 3 is 2.52 bits per heavy atom. The molecule has 2 nitrogen and oxygen atoms in total. The molecule has 1 heterocycles. The molecule has 3 rings (SSSR count). The summed E-state index contributed by atoms with van der Waals surface area (Å²) < 4.78 is 6.36. The number of fused-ring (bicyclic) bond motifs is 1. The minimum atomic E-state index is 0.197. The Balaban J connectivity index is 1.88. The molecule has 0 aliphatic carbocycles. The lowest BCUT2D eigenvalue weighted by Crippen LogP contribution is -2.28. The second kappa shape index (κ2) is 5.38. The number of methoxy groups -OCH3 is 1. The molecule has 0 atom stereocenters. The molecule has 3 heteroatoms. The summed E-state index contributed by atoms with van der Waals surface area (Å²) in [6, 6.07) is 14.9. The van der Waals surface area contributed by atoms with Gasteiger partial charge in [0.15, 0.2) is 0 Å². The molecule has 0 radical (unpaired) electrons. The van der Waals surface area contributed by atoms with Gasteiger partial charge in [0.2, 0.25) is 0 Å². The van der Waals surface area contributed by atoms with E-state index in [0.29, 0.717) is 0 Å². The summed E-state index contributed by atoms with van der Waals surface area (Å²) >= 11 is 3.59. The third-order valence-corrected chi connectivity index (χ3v) is 4.64. The molecule has 0 bridgehead atoms. The fourth-order valence-electron chi connectivity index (χ4n) is 3.08. The molecule has 110 valence electrons. The molecule has 2 aromatic carbocycles. The average Bonchev–Trinajstić information content (AvgIpc) is 2.70. The number of halogens is 1. The van der Waals surface area contributed by atoms with Crippen LogP contribution in [0.3, 0.4) is 0 Å². The van der Waals surface area contributed by atoms with Crippen LogP contribution in [-0.4, -0.2) is 13.7 Å². The van der Waals surface area contributed by atoms with Gasteiger partial charge < -0.3 is 9.64 Å². The third kappa shape index (κ3) is 2.80. The number of hydrogen-bond acceptors (Lipinski definition) is 2. The van der Waals surface area contributed by atoms with E-state index in [2.05, 4.69) is 65.0 Å². The minimum absolute atomic E-state index is 0.197. The predicted octanol–water partition coefficient (Wildman–Crippen LogP) is 4.76. The Hall–Kier alpha value is -1.48. The molecule has 0 N–H and O–H groups in total. The largest absolute Gasteiger partial charge is 0.497 e. The van der Waals surface area contributed by atoms with Crippen molar-refractivity contribution in [3.63, 3.8) is 0 Å². The van der Waals surface area contributed by atoms with Gasteiger partial charge in [-0.3, -0.25) is 0 Å². The van der Waals surface area contributed by atoms with Crippen LogP contribution >= 0.6 is 15.9 Å². The van der Waals surface area contributed by atoms with Crippen molar-refractivity contribution in [1.82, 2.24) is 0 Å². The second-order valence-electron chi connectivity index (χ2n) is 6.25. The van der Waals surface area contributed by atoms with Gasteiger partial charge in [-0.15, -0.1) is 0 Å². The number of benzene rings is 2. The average molecular weight is 346 g/mol. The lowest BCUT2D eigenvalue weighted by molar-refractivity contribution is 0.414. The molecule has 0 fully saturated rings. The van der Waals surface area contributed by atoms with Crippen LogP contribution in [-0.2, 0) is 12.0 Å². The smallest absolute Gasteiger partial charge is 0.118 e. The van der Waals surface area contributed by atoms with Gasteiger partial charge in [-0.1, -0.05) is 48.0 Å². The van der Waals surface area contributed by atoms with Crippen LogP contribution in [0, 0.1) is 0 Å². The molecule has 1 aliphatic heterocycles. The molecule has 0 saturated heterocycles. The normalized spacial score (nSPS) is 15.9. The van der Waals surface area contributed by atoms with Gasteiger partial charge in [0.25, 0.3) is 0 Å². The summed E-state index contributed by atoms with van der Waals surface area (Å²) in [5, 5.41) is 0. The fourth-order valence-corrected chi connectivity index (χ4v) is 3.43. The zero-order valence-electron chi connectivity index (χ0n) is 12.7. The van der Waals surface area contributed by atoms with Crippen molar-refractivity contribution in [1.29, 1.82) is 0 Å². The van der Waals surface area contributed by atoms with Crippen LogP contribution < -0.4 is 9.64 Å². The highest BCUT2D eigenvalue weighted by Crippen LogP contribution is 2.42. The molecule has 0 amide bonds. The van der Waals surface area contributed by atoms with Gasteiger partial charge in [0.1, 0.15) is 5.75 Å². The quantitative estimate of drug-likeness (QED) is 0.795. The fraction of sp³-hybridized carbons (Fsp3) is 0.333. The molecule has 0 unspecified atom stereocenters. The zero-order chi connectivity index (χ0) is 15.0. The first-order valence-electron chi connectivity index (χ1n) is 7.17. The van der Waals surface area contributed by atoms with E-state index in [4.69, 9.17) is 4.74 Å². The standard InChI is InChI=1S/C18H20BrNO/c1-18(2)12-20(17-10-14(19)6-9-16(17)18)11-13-4-7-15(21-3)8-5-13/h4-10H,11-12H2,1-3H3. The van der Waals surface area contributed by atoms with Crippen LogP contribution in [0.1, 0.15) is 25.0 Å². The first-order valence-corrected chi connectivity index (χ1v) is 7.97. The molecule has 0 saturated carbocycles. The Morgan fingerprint density at radius 1 is 1.14 bits per heavy atom. The maximum Gasteiger partial charge on any atom is 0.118 e. The highest BCUT2D eigenvalue weighted by atomic mass is 79.9. The maximum atomic E-state index is 5.22. The molecular formula is C18H20BrNO. The third-order valence-electron chi connectivity index (χ3n) is 4.15. The Kier molecular flexibility index (Phi) is 3.70. The van der Waals surface area contributed by atoms with Gasteiger partial charge >= 0.3 is 0 Å². The lowest BCUT2D eigenvalue weighted by Gasteiger charge is -2.22. The van der Waals surface area contributed by atoms with E-state index in [9.17, 15) is 0 Å². The van der Waals surface area contributed by atoms with Crippen LogP contribution in [0.25, 0.3) is 0 Å².